The molecule has 0 spiro atoms. The van der Waals surface area contributed by atoms with Crippen LogP contribution in [0.5, 0.6) is 11.5 Å². The largest absolute Gasteiger partial charge is 0.457 e. The summed E-state index contributed by atoms with van der Waals surface area (Å²) in [4.78, 5) is 36.3. The lowest BCUT2D eigenvalue weighted by Gasteiger charge is -2.18. The number of primary amides is 1. The van der Waals surface area contributed by atoms with Crippen LogP contribution < -0.4 is 15.8 Å². The van der Waals surface area contributed by atoms with Crippen molar-refractivity contribution in [2.45, 2.75) is 12.5 Å². The monoisotopic (exact) mass is 385 g/mol. The Kier molecular flexibility index (Phi) is 7.38. The summed E-state index contributed by atoms with van der Waals surface area (Å²) in [5.41, 5.74) is 5.85. The zero-order valence-corrected chi connectivity index (χ0v) is 15.8. The number of likely N-dealkylation sites (N-methyl/N-ethyl adjacent to an activating group) is 1. The summed E-state index contributed by atoms with van der Waals surface area (Å²) in [7, 11) is 3.12. The Balaban J connectivity index is 2.09. The number of ether oxygens (including phenoxy) is 2. The SMILES string of the molecule is CN(C)C(=O)COC(=O)C[C@@H](NC(N)=O)c1cccc(Oc2ccccc2)c1. The molecule has 0 bridgehead atoms. The van der Waals surface area contributed by atoms with Gasteiger partial charge >= 0.3 is 12.0 Å². The van der Waals surface area contributed by atoms with Crippen LogP contribution in [0, 0.1) is 0 Å². The maximum Gasteiger partial charge on any atom is 0.312 e. The molecule has 0 fully saturated rings. The van der Waals surface area contributed by atoms with Crippen molar-refractivity contribution in [3.63, 3.8) is 0 Å². The third-order valence-electron chi connectivity index (χ3n) is 3.78. The standard InChI is InChI=1S/C20H23N3O5/c1-23(2)18(24)13-27-19(25)12-17(22-20(21)26)14-7-6-10-16(11-14)28-15-8-4-3-5-9-15/h3-11,17H,12-13H2,1-2H3,(H3,21,22,26)/t17-/m1/s1. The zero-order valence-electron chi connectivity index (χ0n) is 15.8. The van der Waals surface area contributed by atoms with E-state index in [0.29, 0.717) is 17.1 Å². The number of nitrogens with two attached hydrogens (primary N) is 1. The molecule has 8 nitrogen and oxygen atoms in total. The van der Waals surface area contributed by atoms with E-state index in [4.69, 9.17) is 15.2 Å². The van der Waals surface area contributed by atoms with Crippen LogP contribution in [0.25, 0.3) is 0 Å². The number of hydrogen-bond donors (Lipinski definition) is 2. The summed E-state index contributed by atoms with van der Waals surface area (Å²) in [6.45, 7) is -0.369. The number of nitrogens with zero attached hydrogens (tertiary/aromatic N) is 1. The predicted molar refractivity (Wildman–Crippen MR) is 103 cm³/mol. The minimum atomic E-state index is -0.781. The Bertz CT molecular complexity index is 824. The molecule has 3 N–H and O–H groups in total. The molecule has 2 rings (SSSR count). The minimum Gasteiger partial charge on any atom is -0.457 e. The van der Waals surface area contributed by atoms with Crippen molar-refractivity contribution in [1.29, 1.82) is 0 Å². The number of para-hydroxylation sites is 1. The van der Waals surface area contributed by atoms with Gasteiger partial charge in [-0.2, -0.15) is 0 Å². The summed E-state index contributed by atoms with van der Waals surface area (Å²) in [5.74, 6) is 0.214. The van der Waals surface area contributed by atoms with E-state index in [2.05, 4.69) is 5.32 Å². The second-order valence-electron chi connectivity index (χ2n) is 6.20. The average Bonchev–Trinajstić information content (AvgIpc) is 2.66. The molecule has 8 heteroatoms. The van der Waals surface area contributed by atoms with Gasteiger partial charge in [-0.05, 0) is 29.8 Å². The molecule has 0 aliphatic rings. The Morgan fingerprint density at radius 1 is 1.04 bits per heavy atom. The van der Waals surface area contributed by atoms with E-state index in [-0.39, 0.29) is 18.9 Å². The molecule has 28 heavy (non-hydrogen) atoms. The van der Waals surface area contributed by atoms with Crippen LogP contribution in [-0.2, 0) is 14.3 Å². The summed E-state index contributed by atoms with van der Waals surface area (Å²) >= 11 is 0. The first kappa shape index (κ1) is 20.8. The third-order valence-corrected chi connectivity index (χ3v) is 3.78. The topological polar surface area (TPSA) is 111 Å². The molecule has 0 aliphatic heterocycles. The second-order valence-corrected chi connectivity index (χ2v) is 6.20. The number of hydrogen-bond acceptors (Lipinski definition) is 5. The van der Waals surface area contributed by atoms with Gasteiger partial charge in [0.1, 0.15) is 11.5 Å². The molecule has 0 unspecified atom stereocenters. The summed E-state index contributed by atoms with van der Waals surface area (Å²) in [5, 5.41) is 2.52. The van der Waals surface area contributed by atoms with E-state index in [1.165, 1.54) is 4.90 Å². The molecule has 0 heterocycles. The van der Waals surface area contributed by atoms with Crippen molar-refractivity contribution in [2.75, 3.05) is 20.7 Å². The van der Waals surface area contributed by atoms with Crippen LogP contribution in [0.1, 0.15) is 18.0 Å². The maximum absolute atomic E-state index is 12.1. The first-order valence-corrected chi connectivity index (χ1v) is 8.59. The highest BCUT2D eigenvalue weighted by Gasteiger charge is 2.20. The number of carbonyl (C=O) groups excluding carboxylic acids is 3. The van der Waals surface area contributed by atoms with E-state index in [1.807, 2.05) is 30.3 Å². The maximum atomic E-state index is 12.1. The van der Waals surface area contributed by atoms with Crippen molar-refractivity contribution in [2.24, 2.45) is 5.73 Å². The number of nitrogens with one attached hydrogen (secondary N) is 1. The number of esters is 1. The summed E-state index contributed by atoms with van der Waals surface area (Å²) < 4.78 is 10.7. The van der Waals surface area contributed by atoms with Gasteiger partial charge < -0.3 is 25.4 Å². The molecular formula is C20H23N3O5. The van der Waals surface area contributed by atoms with Crippen molar-refractivity contribution < 1.29 is 23.9 Å². The molecular weight excluding hydrogens is 362 g/mol. The molecule has 2 aromatic rings. The Labute approximate surface area is 163 Å². The lowest BCUT2D eigenvalue weighted by molar-refractivity contribution is -0.151. The van der Waals surface area contributed by atoms with Crippen molar-refractivity contribution in [1.82, 2.24) is 10.2 Å². The van der Waals surface area contributed by atoms with Gasteiger partial charge in [-0.3, -0.25) is 9.59 Å². The van der Waals surface area contributed by atoms with Crippen molar-refractivity contribution >= 4 is 17.9 Å². The lowest BCUT2D eigenvalue weighted by atomic mass is 10.0. The summed E-state index contributed by atoms with van der Waals surface area (Å²) in [6.07, 6.45) is -0.182. The number of amides is 3. The van der Waals surface area contributed by atoms with Gasteiger partial charge in [0.25, 0.3) is 5.91 Å². The number of benzene rings is 2. The lowest BCUT2D eigenvalue weighted by Crippen LogP contribution is -2.35. The summed E-state index contributed by atoms with van der Waals surface area (Å²) in [6, 6.07) is 14.6. The van der Waals surface area contributed by atoms with E-state index >= 15 is 0 Å². The molecule has 3 amide bonds. The molecule has 148 valence electrons. The quantitative estimate of drug-likeness (QED) is 0.677. The highest BCUT2D eigenvalue weighted by atomic mass is 16.5. The Morgan fingerprint density at radius 3 is 2.36 bits per heavy atom. The second kappa shape index (κ2) is 9.96. The Hall–Kier alpha value is -3.55. The van der Waals surface area contributed by atoms with E-state index in [0.717, 1.165) is 0 Å². The smallest absolute Gasteiger partial charge is 0.312 e. The van der Waals surface area contributed by atoms with Gasteiger partial charge in [0.2, 0.25) is 0 Å². The van der Waals surface area contributed by atoms with E-state index in [1.54, 1.807) is 38.4 Å². The number of rotatable bonds is 8. The minimum absolute atomic E-state index is 0.182. The van der Waals surface area contributed by atoms with E-state index in [9.17, 15) is 14.4 Å². The fourth-order valence-electron chi connectivity index (χ4n) is 2.34. The fourth-order valence-corrected chi connectivity index (χ4v) is 2.34. The molecule has 0 radical (unpaired) electrons. The number of carbonyl (C=O) groups is 3. The van der Waals surface area contributed by atoms with Crippen molar-refractivity contribution in [3.05, 3.63) is 60.2 Å². The van der Waals surface area contributed by atoms with Gasteiger partial charge in [-0.1, -0.05) is 30.3 Å². The zero-order chi connectivity index (χ0) is 20.5. The van der Waals surface area contributed by atoms with Crippen LogP contribution in [0.4, 0.5) is 4.79 Å². The van der Waals surface area contributed by atoms with Crippen LogP contribution in [0.15, 0.2) is 54.6 Å². The predicted octanol–water partition coefficient (Wildman–Crippen LogP) is 2.21. The van der Waals surface area contributed by atoms with Gasteiger partial charge in [0.15, 0.2) is 6.61 Å². The van der Waals surface area contributed by atoms with Gasteiger partial charge in [0, 0.05) is 14.1 Å². The van der Waals surface area contributed by atoms with Crippen molar-refractivity contribution in [3.8, 4) is 11.5 Å². The molecule has 0 saturated carbocycles. The molecule has 0 aromatic heterocycles. The van der Waals surface area contributed by atoms with Crippen LogP contribution in [-0.4, -0.2) is 43.5 Å². The molecule has 0 saturated heterocycles. The van der Waals surface area contributed by atoms with Crippen LogP contribution in [0.2, 0.25) is 0 Å². The fraction of sp³-hybridized carbons (Fsp3) is 0.250. The number of urea groups is 1. The van der Waals surface area contributed by atoms with Gasteiger partial charge in [-0.25, -0.2) is 4.79 Å². The first-order valence-electron chi connectivity index (χ1n) is 8.59. The first-order chi connectivity index (χ1) is 13.3. The molecule has 2 aromatic carbocycles. The normalized spacial score (nSPS) is 11.2. The van der Waals surface area contributed by atoms with Gasteiger partial charge in [0.05, 0.1) is 12.5 Å². The van der Waals surface area contributed by atoms with Crippen LogP contribution >= 0.6 is 0 Å². The molecule has 0 aliphatic carbocycles. The van der Waals surface area contributed by atoms with Gasteiger partial charge in [-0.15, -0.1) is 0 Å². The molecule has 1 atom stereocenters. The third kappa shape index (κ3) is 6.64. The average molecular weight is 385 g/mol. The Morgan fingerprint density at radius 2 is 1.71 bits per heavy atom. The van der Waals surface area contributed by atoms with Crippen LogP contribution in [0.3, 0.4) is 0 Å². The highest BCUT2D eigenvalue weighted by molar-refractivity contribution is 5.81. The van der Waals surface area contributed by atoms with E-state index < -0.39 is 18.0 Å². The highest BCUT2D eigenvalue weighted by Crippen LogP contribution is 2.26.